The lowest BCUT2D eigenvalue weighted by Crippen LogP contribution is -2.17. The SMILES string of the molecule is C1=CC(c2ccc(-c3ccc(-n4c5ccccc5c5cnccc54)cc3)cn2)NC=C1c1c2ccccc2cc2ccccc12. The van der Waals surface area contributed by atoms with Crippen molar-refractivity contribution < 1.29 is 0 Å². The van der Waals surface area contributed by atoms with Gasteiger partial charge in [-0.1, -0.05) is 97.1 Å². The van der Waals surface area contributed by atoms with Gasteiger partial charge in [-0.3, -0.25) is 9.97 Å². The van der Waals surface area contributed by atoms with E-state index in [2.05, 4.69) is 155 Å². The Kier molecular flexibility index (Phi) is 5.85. The molecule has 45 heavy (non-hydrogen) atoms. The summed E-state index contributed by atoms with van der Waals surface area (Å²) < 4.78 is 2.31. The average molecular weight is 577 g/mol. The molecule has 5 aromatic carbocycles. The Morgan fingerprint density at radius 1 is 0.600 bits per heavy atom. The molecule has 8 aromatic rings. The lowest BCUT2D eigenvalue weighted by atomic mass is 9.91. The molecule has 3 aromatic heterocycles. The number of para-hydroxylation sites is 1. The molecule has 4 nitrogen and oxygen atoms in total. The zero-order valence-electron chi connectivity index (χ0n) is 24.4. The maximum Gasteiger partial charge on any atom is 0.0868 e. The first-order chi connectivity index (χ1) is 22.3. The quantitative estimate of drug-likeness (QED) is 0.212. The Bertz CT molecular complexity index is 2340. The van der Waals surface area contributed by atoms with Crippen LogP contribution in [0.1, 0.15) is 17.3 Å². The van der Waals surface area contributed by atoms with E-state index in [9.17, 15) is 0 Å². The molecule has 1 N–H and O–H groups in total. The summed E-state index contributed by atoms with van der Waals surface area (Å²) in [4.78, 5) is 9.25. The number of dihydropyridines is 1. The third kappa shape index (κ3) is 4.22. The van der Waals surface area contributed by atoms with Crippen LogP contribution in [0.15, 0.2) is 158 Å². The van der Waals surface area contributed by atoms with Gasteiger partial charge >= 0.3 is 0 Å². The maximum atomic E-state index is 4.88. The summed E-state index contributed by atoms with van der Waals surface area (Å²) in [6.45, 7) is 0. The van der Waals surface area contributed by atoms with Crippen molar-refractivity contribution in [3.8, 4) is 16.8 Å². The molecule has 0 spiro atoms. The van der Waals surface area contributed by atoms with Crippen LogP contribution in [0.2, 0.25) is 0 Å². The van der Waals surface area contributed by atoms with Gasteiger partial charge in [0, 0.05) is 46.8 Å². The summed E-state index contributed by atoms with van der Waals surface area (Å²) >= 11 is 0. The standard InChI is InChI=1S/C41H28N4/c1-3-9-33-28(7-1)23-29-8-2-4-10-34(29)41(33)31-16-20-38(44-25-31)37-19-15-30(24-43-37)27-13-17-32(18-14-27)45-39-12-6-5-11-35(39)36-26-42-22-21-40(36)45/h1-26,38,44H. The fourth-order valence-corrected chi connectivity index (χ4v) is 6.80. The third-order valence-electron chi connectivity index (χ3n) is 8.98. The average Bonchev–Trinajstić information content (AvgIpc) is 3.45. The minimum absolute atomic E-state index is 0.0104. The van der Waals surface area contributed by atoms with E-state index in [1.165, 1.54) is 43.6 Å². The van der Waals surface area contributed by atoms with E-state index in [0.717, 1.165) is 33.4 Å². The minimum atomic E-state index is 0.0104. The van der Waals surface area contributed by atoms with Crippen LogP contribution >= 0.6 is 0 Å². The van der Waals surface area contributed by atoms with Gasteiger partial charge in [0.1, 0.15) is 0 Å². The number of benzene rings is 5. The summed E-state index contributed by atoms with van der Waals surface area (Å²) in [5.41, 5.74) is 9.11. The molecule has 0 amide bonds. The normalized spacial score (nSPS) is 14.7. The van der Waals surface area contributed by atoms with E-state index in [1.54, 1.807) is 0 Å². The first kappa shape index (κ1) is 25.5. The second-order valence-electron chi connectivity index (χ2n) is 11.6. The van der Waals surface area contributed by atoms with Gasteiger partial charge in [-0.05, 0) is 74.6 Å². The topological polar surface area (TPSA) is 42.7 Å². The van der Waals surface area contributed by atoms with Gasteiger partial charge in [0.25, 0.3) is 0 Å². The summed E-state index contributed by atoms with van der Waals surface area (Å²) in [6, 6.07) is 43.1. The van der Waals surface area contributed by atoms with Crippen molar-refractivity contribution in [3.05, 3.63) is 170 Å². The first-order valence-corrected chi connectivity index (χ1v) is 15.3. The lowest BCUT2D eigenvalue weighted by Gasteiger charge is -2.21. The van der Waals surface area contributed by atoms with Crippen LogP contribution in [-0.2, 0) is 0 Å². The van der Waals surface area contributed by atoms with Gasteiger partial charge in [0.15, 0.2) is 0 Å². The minimum Gasteiger partial charge on any atom is -0.379 e. The molecule has 9 rings (SSSR count). The van der Waals surface area contributed by atoms with E-state index in [4.69, 9.17) is 4.98 Å². The Hall–Kier alpha value is -6.00. The van der Waals surface area contributed by atoms with E-state index in [0.29, 0.717) is 0 Å². The molecule has 4 heterocycles. The number of hydrogen-bond acceptors (Lipinski definition) is 3. The highest BCUT2D eigenvalue weighted by Crippen LogP contribution is 2.36. The van der Waals surface area contributed by atoms with Crippen LogP contribution < -0.4 is 5.32 Å². The number of rotatable bonds is 4. The van der Waals surface area contributed by atoms with Crippen molar-refractivity contribution in [3.63, 3.8) is 0 Å². The van der Waals surface area contributed by atoms with Gasteiger partial charge in [-0.2, -0.15) is 0 Å². The first-order valence-electron chi connectivity index (χ1n) is 15.3. The molecule has 0 saturated carbocycles. The fraction of sp³-hybridized carbons (Fsp3) is 0.0244. The molecule has 1 aliphatic heterocycles. The Morgan fingerprint density at radius 2 is 1.29 bits per heavy atom. The largest absolute Gasteiger partial charge is 0.379 e. The predicted molar refractivity (Wildman–Crippen MR) is 186 cm³/mol. The monoisotopic (exact) mass is 576 g/mol. The van der Waals surface area contributed by atoms with Crippen LogP contribution in [0.4, 0.5) is 0 Å². The van der Waals surface area contributed by atoms with Gasteiger partial charge in [0.05, 0.1) is 22.8 Å². The number of fused-ring (bicyclic) bond motifs is 5. The van der Waals surface area contributed by atoms with Crippen LogP contribution in [0.5, 0.6) is 0 Å². The van der Waals surface area contributed by atoms with Crippen LogP contribution in [0.25, 0.3) is 65.7 Å². The van der Waals surface area contributed by atoms with Gasteiger partial charge in [-0.15, -0.1) is 0 Å². The highest BCUT2D eigenvalue weighted by atomic mass is 15.0. The maximum absolute atomic E-state index is 4.88. The number of nitrogens with one attached hydrogen (secondary N) is 1. The van der Waals surface area contributed by atoms with Crippen LogP contribution in [0.3, 0.4) is 0 Å². The Balaban J connectivity index is 0.986. The van der Waals surface area contributed by atoms with E-state index < -0.39 is 0 Å². The summed E-state index contributed by atoms with van der Waals surface area (Å²) in [5, 5.41) is 11.0. The summed E-state index contributed by atoms with van der Waals surface area (Å²) in [6.07, 6.45) is 12.4. The number of allylic oxidation sites excluding steroid dienone is 2. The van der Waals surface area contributed by atoms with Crippen LogP contribution in [-0.4, -0.2) is 14.5 Å². The highest BCUT2D eigenvalue weighted by Gasteiger charge is 2.17. The van der Waals surface area contributed by atoms with Crippen molar-refractivity contribution in [1.82, 2.24) is 19.9 Å². The molecule has 1 atom stereocenters. The fourth-order valence-electron chi connectivity index (χ4n) is 6.80. The zero-order valence-corrected chi connectivity index (χ0v) is 24.4. The molecule has 4 heteroatoms. The third-order valence-corrected chi connectivity index (χ3v) is 8.98. The van der Waals surface area contributed by atoms with Crippen molar-refractivity contribution in [2.24, 2.45) is 0 Å². The van der Waals surface area contributed by atoms with Crippen molar-refractivity contribution in [2.75, 3.05) is 0 Å². The lowest BCUT2D eigenvalue weighted by molar-refractivity contribution is 0.724. The van der Waals surface area contributed by atoms with Crippen molar-refractivity contribution in [2.45, 2.75) is 6.04 Å². The van der Waals surface area contributed by atoms with E-state index >= 15 is 0 Å². The van der Waals surface area contributed by atoms with Crippen molar-refractivity contribution >= 4 is 48.9 Å². The van der Waals surface area contributed by atoms with Crippen molar-refractivity contribution in [1.29, 1.82) is 0 Å². The number of pyridine rings is 2. The Labute approximate surface area is 260 Å². The summed E-state index contributed by atoms with van der Waals surface area (Å²) in [5.74, 6) is 0. The van der Waals surface area contributed by atoms with E-state index in [-0.39, 0.29) is 6.04 Å². The van der Waals surface area contributed by atoms with Gasteiger partial charge in [-0.25, -0.2) is 0 Å². The highest BCUT2D eigenvalue weighted by molar-refractivity contribution is 6.11. The Morgan fingerprint density at radius 3 is 2.00 bits per heavy atom. The molecule has 1 unspecified atom stereocenters. The van der Waals surface area contributed by atoms with Gasteiger partial charge < -0.3 is 9.88 Å². The van der Waals surface area contributed by atoms with Crippen LogP contribution in [0, 0.1) is 0 Å². The van der Waals surface area contributed by atoms with E-state index in [1.807, 2.05) is 18.6 Å². The molecule has 212 valence electrons. The zero-order chi connectivity index (χ0) is 29.7. The number of aromatic nitrogens is 3. The molecular weight excluding hydrogens is 548 g/mol. The molecule has 0 bridgehead atoms. The number of nitrogens with zero attached hydrogens (tertiary/aromatic N) is 3. The molecule has 1 aliphatic rings. The number of hydrogen-bond donors (Lipinski definition) is 1. The predicted octanol–water partition coefficient (Wildman–Crippen LogP) is 9.79. The summed E-state index contributed by atoms with van der Waals surface area (Å²) in [7, 11) is 0. The van der Waals surface area contributed by atoms with Gasteiger partial charge in [0.2, 0.25) is 0 Å². The second kappa shape index (κ2) is 10.3. The smallest absolute Gasteiger partial charge is 0.0868 e. The molecule has 0 aliphatic carbocycles. The molecule has 0 fully saturated rings. The molecule has 0 radical (unpaired) electrons. The molecular formula is C41H28N4. The molecule has 0 saturated heterocycles. The second-order valence-corrected chi connectivity index (χ2v) is 11.6.